The summed E-state index contributed by atoms with van der Waals surface area (Å²) in [7, 11) is 2.03. The van der Waals surface area contributed by atoms with Crippen LogP contribution in [0.2, 0.25) is 0 Å². The molecule has 6 heteroatoms. The quantitative estimate of drug-likeness (QED) is 0.848. The molecule has 1 aromatic heterocycles. The highest BCUT2D eigenvalue weighted by atomic mass is 16.5. The first kappa shape index (κ1) is 14.8. The van der Waals surface area contributed by atoms with Gasteiger partial charge in [0.15, 0.2) is 5.82 Å². The number of likely N-dealkylation sites (tertiary alicyclic amines) is 1. The lowest BCUT2D eigenvalue weighted by Gasteiger charge is -2.29. The van der Waals surface area contributed by atoms with Crippen LogP contribution in [0, 0.1) is 0 Å². The van der Waals surface area contributed by atoms with Crippen molar-refractivity contribution in [1.29, 1.82) is 0 Å². The SMILES string of the molecule is CCOc1ncnc(N(C)CC2CCCN2CC)c1N. The van der Waals surface area contributed by atoms with Gasteiger partial charge in [0.05, 0.1) is 6.61 Å². The van der Waals surface area contributed by atoms with Crippen molar-refractivity contribution in [1.82, 2.24) is 14.9 Å². The smallest absolute Gasteiger partial charge is 0.242 e. The van der Waals surface area contributed by atoms with Crippen molar-refractivity contribution in [2.24, 2.45) is 0 Å². The maximum Gasteiger partial charge on any atom is 0.242 e. The summed E-state index contributed by atoms with van der Waals surface area (Å²) in [5.41, 5.74) is 6.63. The molecule has 1 unspecified atom stereocenters. The maximum atomic E-state index is 6.11. The zero-order valence-electron chi connectivity index (χ0n) is 12.7. The van der Waals surface area contributed by atoms with E-state index in [9.17, 15) is 0 Å². The Hall–Kier alpha value is -1.56. The van der Waals surface area contributed by atoms with Gasteiger partial charge in [-0.15, -0.1) is 0 Å². The Balaban J connectivity index is 2.09. The molecule has 1 atom stereocenters. The molecule has 0 saturated carbocycles. The van der Waals surface area contributed by atoms with E-state index in [0.717, 1.165) is 18.9 Å². The number of aromatic nitrogens is 2. The molecule has 0 amide bonds. The summed E-state index contributed by atoms with van der Waals surface area (Å²) in [5.74, 6) is 1.23. The minimum atomic E-state index is 0.475. The predicted molar refractivity (Wildman–Crippen MR) is 81.2 cm³/mol. The summed E-state index contributed by atoms with van der Waals surface area (Å²) in [6.07, 6.45) is 4.02. The first-order valence-electron chi connectivity index (χ1n) is 7.35. The minimum Gasteiger partial charge on any atom is -0.476 e. The summed E-state index contributed by atoms with van der Waals surface area (Å²) in [6, 6.07) is 0.579. The summed E-state index contributed by atoms with van der Waals surface area (Å²) in [6.45, 7) is 7.91. The van der Waals surface area contributed by atoms with E-state index in [1.54, 1.807) is 0 Å². The number of likely N-dealkylation sites (N-methyl/N-ethyl adjacent to an activating group) is 2. The molecule has 2 rings (SSSR count). The lowest BCUT2D eigenvalue weighted by atomic mass is 10.2. The molecule has 2 N–H and O–H groups in total. The van der Waals surface area contributed by atoms with E-state index in [2.05, 4.69) is 26.7 Å². The molecule has 20 heavy (non-hydrogen) atoms. The van der Waals surface area contributed by atoms with Gasteiger partial charge in [0, 0.05) is 19.6 Å². The second kappa shape index (κ2) is 6.74. The van der Waals surface area contributed by atoms with Gasteiger partial charge in [-0.05, 0) is 32.9 Å². The lowest BCUT2D eigenvalue weighted by Crippen LogP contribution is -2.39. The highest BCUT2D eigenvalue weighted by molar-refractivity contribution is 5.67. The molecule has 6 nitrogen and oxygen atoms in total. The molecular weight excluding hydrogens is 254 g/mol. The van der Waals surface area contributed by atoms with E-state index in [0.29, 0.717) is 24.2 Å². The third-order valence-corrected chi connectivity index (χ3v) is 3.86. The Bertz CT molecular complexity index is 440. The van der Waals surface area contributed by atoms with Gasteiger partial charge in [-0.3, -0.25) is 4.90 Å². The van der Waals surface area contributed by atoms with Gasteiger partial charge in [0.25, 0.3) is 0 Å². The molecule has 0 spiro atoms. The van der Waals surface area contributed by atoms with Crippen molar-refractivity contribution in [3.05, 3.63) is 6.33 Å². The maximum absolute atomic E-state index is 6.11. The van der Waals surface area contributed by atoms with E-state index in [1.165, 1.54) is 25.7 Å². The summed E-state index contributed by atoms with van der Waals surface area (Å²) >= 11 is 0. The number of nitrogen functional groups attached to an aromatic ring is 1. The molecule has 112 valence electrons. The highest BCUT2D eigenvalue weighted by Gasteiger charge is 2.25. The largest absolute Gasteiger partial charge is 0.476 e. The van der Waals surface area contributed by atoms with Gasteiger partial charge >= 0.3 is 0 Å². The minimum absolute atomic E-state index is 0.475. The van der Waals surface area contributed by atoms with Gasteiger partial charge in [0.1, 0.15) is 12.0 Å². The van der Waals surface area contributed by atoms with Crippen molar-refractivity contribution >= 4 is 11.5 Å². The van der Waals surface area contributed by atoms with Crippen LogP contribution in [0.1, 0.15) is 26.7 Å². The first-order valence-corrected chi connectivity index (χ1v) is 7.35. The van der Waals surface area contributed by atoms with Crippen LogP contribution >= 0.6 is 0 Å². The van der Waals surface area contributed by atoms with Crippen LogP contribution in [0.5, 0.6) is 5.88 Å². The Labute approximate surface area is 120 Å². The molecule has 0 bridgehead atoms. The Morgan fingerprint density at radius 3 is 2.95 bits per heavy atom. The molecule has 2 heterocycles. The fourth-order valence-corrected chi connectivity index (χ4v) is 2.85. The number of nitrogens with two attached hydrogens (primary N) is 1. The van der Waals surface area contributed by atoms with Gasteiger partial charge in [0.2, 0.25) is 5.88 Å². The fraction of sp³-hybridized carbons (Fsp3) is 0.714. The van der Waals surface area contributed by atoms with Gasteiger partial charge in [-0.25, -0.2) is 4.98 Å². The van der Waals surface area contributed by atoms with Crippen LogP contribution in [0.4, 0.5) is 11.5 Å². The topological polar surface area (TPSA) is 67.5 Å². The van der Waals surface area contributed by atoms with Gasteiger partial charge in [-0.1, -0.05) is 6.92 Å². The molecule has 1 aliphatic rings. The fourth-order valence-electron chi connectivity index (χ4n) is 2.85. The molecule has 0 aromatic carbocycles. The predicted octanol–water partition coefficient (Wildman–Crippen LogP) is 1.38. The number of rotatable bonds is 6. The standard InChI is InChI=1S/C14H25N5O/c1-4-19-8-6-7-11(19)9-18(3)13-12(15)14(20-5-2)17-10-16-13/h10-11H,4-9,15H2,1-3H3. The van der Waals surface area contributed by atoms with E-state index < -0.39 is 0 Å². The van der Waals surface area contributed by atoms with E-state index >= 15 is 0 Å². The number of ether oxygens (including phenoxy) is 1. The second-order valence-electron chi connectivity index (χ2n) is 5.15. The zero-order chi connectivity index (χ0) is 14.5. The van der Waals surface area contributed by atoms with Crippen LogP contribution in [0.3, 0.4) is 0 Å². The average Bonchev–Trinajstić information content (AvgIpc) is 2.88. The van der Waals surface area contributed by atoms with Crippen LogP contribution in [0.25, 0.3) is 0 Å². The van der Waals surface area contributed by atoms with Crippen LogP contribution < -0.4 is 15.4 Å². The molecule has 0 aliphatic carbocycles. The van der Waals surface area contributed by atoms with Crippen LogP contribution in [0.15, 0.2) is 6.33 Å². The normalized spacial score (nSPS) is 19.2. The number of hydrogen-bond acceptors (Lipinski definition) is 6. The van der Waals surface area contributed by atoms with E-state index in [-0.39, 0.29) is 0 Å². The molecule has 0 radical (unpaired) electrons. The van der Waals surface area contributed by atoms with Crippen molar-refractivity contribution in [2.45, 2.75) is 32.7 Å². The third-order valence-electron chi connectivity index (χ3n) is 3.86. The van der Waals surface area contributed by atoms with Crippen molar-refractivity contribution < 1.29 is 4.74 Å². The lowest BCUT2D eigenvalue weighted by molar-refractivity contribution is 0.270. The number of anilines is 2. The molecule has 1 aromatic rings. The molecule has 1 aliphatic heterocycles. The molecule has 1 saturated heterocycles. The highest BCUT2D eigenvalue weighted by Crippen LogP contribution is 2.28. The van der Waals surface area contributed by atoms with E-state index in [1.807, 2.05) is 14.0 Å². The Morgan fingerprint density at radius 2 is 2.25 bits per heavy atom. The zero-order valence-corrected chi connectivity index (χ0v) is 12.7. The van der Waals surface area contributed by atoms with Gasteiger partial charge < -0.3 is 15.4 Å². The molecular formula is C14H25N5O. The summed E-state index contributed by atoms with van der Waals surface area (Å²) in [5, 5.41) is 0. The van der Waals surface area contributed by atoms with Gasteiger partial charge in [-0.2, -0.15) is 4.98 Å². The van der Waals surface area contributed by atoms with E-state index in [4.69, 9.17) is 10.5 Å². The summed E-state index contributed by atoms with van der Waals surface area (Å²) < 4.78 is 5.43. The monoisotopic (exact) mass is 279 g/mol. The van der Waals surface area contributed by atoms with Crippen molar-refractivity contribution in [2.75, 3.05) is 43.9 Å². The van der Waals surface area contributed by atoms with Crippen LogP contribution in [-0.2, 0) is 0 Å². The Kier molecular flexibility index (Phi) is 5.00. The Morgan fingerprint density at radius 1 is 1.45 bits per heavy atom. The van der Waals surface area contributed by atoms with Crippen LogP contribution in [-0.4, -0.2) is 54.2 Å². The first-order chi connectivity index (χ1) is 9.67. The summed E-state index contributed by atoms with van der Waals surface area (Å²) in [4.78, 5) is 13.0. The molecule has 1 fully saturated rings. The second-order valence-corrected chi connectivity index (χ2v) is 5.15. The van der Waals surface area contributed by atoms with Crippen molar-refractivity contribution in [3.63, 3.8) is 0 Å². The number of nitrogens with zero attached hydrogens (tertiary/aromatic N) is 4. The third kappa shape index (κ3) is 3.12. The van der Waals surface area contributed by atoms with Crippen molar-refractivity contribution in [3.8, 4) is 5.88 Å². The average molecular weight is 279 g/mol. The number of hydrogen-bond donors (Lipinski definition) is 1.